The van der Waals surface area contributed by atoms with E-state index in [0.29, 0.717) is 18.4 Å². The van der Waals surface area contributed by atoms with E-state index in [9.17, 15) is 0 Å². The highest BCUT2D eigenvalue weighted by Crippen LogP contribution is 2.28. The summed E-state index contributed by atoms with van der Waals surface area (Å²) >= 11 is 0. The van der Waals surface area contributed by atoms with Crippen molar-refractivity contribution in [3.05, 3.63) is 79.0 Å². The maximum atomic E-state index is 5.95. The summed E-state index contributed by atoms with van der Waals surface area (Å²) in [5.74, 6) is 2.81. The van der Waals surface area contributed by atoms with E-state index in [4.69, 9.17) is 14.5 Å². The first-order chi connectivity index (χ1) is 15.3. The minimum absolute atomic E-state index is 0.585. The molecule has 4 aromatic rings. The molecule has 0 aliphatic carbocycles. The van der Waals surface area contributed by atoms with Gasteiger partial charge in [-0.2, -0.15) is 0 Å². The van der Waals surface area contributed by atoms with Gasteiger partial charge in [-0.05, 0) is 79.4 Å². The average molecular weight is 412 g/mol. The van der Waals surface area contributed by atoms with Crippen molar-refractivity contribution in [2.24, 2.45) is 5.92 Å². The van der Waals surface area contributed by atoms with Gasteiger partial charge in [-0.25, -0.2) is 9.97 Å². The second-order valence-corrected chi connectivity index (χ2v) is 7.86. The maximum Gasteiger partial charge on any atom is 0.232 e. The van der Waals surface area contributed by atoms with E-state index in [1.165, 1.54) is 0 Å². The molecule has 2 heterocycles. The van der Waals surface area contributed by atoms with E-state index >= 15 is 0 Å². The Bertz CT molecular complexity index is 1140. The number of piperidine rings is 1. The van der Waals surface area contributed by atoms with Crippen molar-refractivity contribution in [2.75, 3.05) is 19.7 Å². The molecule has 3 aromatic carbocycles. The molecule has 5 nitrogen and oxygen atoms in total. The molecule has 0 bridgehead atoms. The minimum Gasteiger partial charge on any atom is -0.476 e. The molecule has 156 valence electrons. The van der Waals surface area contributed by atoms with Crippen LogP contribution in [0.3, 0.4) is 0 Å². The lowest BCUT2D eigenvalue weighted by Crippen LogP contribution is -2.30. The largest absolute Gasteiger partial charge is 0.476 e. The fourth-order valence-corrected chi connectivity index (χ4v) is 3.84. The Morgan fingerprint density at radius 3 is 2.35 bits per heavy atom. The second kappa shape index (κ2) is 9.14. The minimum atomic E-state index is 0.585. The van der Waals surface area contributed by atoms with Crippen LogP contribution < -0.4 is 14.8 Å². The van der Waals surface area contributed by atoms with Crippen LogP contribution in [0.4, 0.5) is 0 Å². The Kier molecular flexibility index (Phi) is 5.76. The topological polar surface area (TPSA) is 56.3 Å². The fourth-order valence-electron chi connectivity index (χ4n) is 3.84. The van der Waals surface area contributed by atoms with Crippen LogP contribution in [0.1, 0.15) is 12.8 Å². The zero-order valence-corrected chi connectivity index (χ0v) is 17.3. The third kappa shape index (κ3) is 4.84. The molecule has 1 N–H and O–H groups in total. The van der Waals surface area contributed by atoms with Crippen molar-refractivity contribution >= 4 is 11.0 Å². The van der Waals surface area contributed by atoms with E-state index in [1.54, 1.807) is 6.20 Å². The molecule has 1 saturated heterocycles. The van der Waals surface area contributed by atoms with Gasteiger partial charge in [0, 0.05) is 0 Å². The summed E-state index contributed by atoms with van der Waals surface area (Å²) in [6.45, 7) is 2.83. The predicted molar refractivity (Wildman–Crippen MR) is 123 cm³/mol. The first-order valence-electron chi connectivity index (χ1n) is 10.8. The number of hydrogen-bond donors (Lipinski definition) is 1. The van der Waals surface area contributed by atoms with E-state index < -0.39 is 0 Å². The molecular formula is C26H25N3O2. The van der Waals surface area contributed by atoms with Crippen LogP contribution in [-0.2, 0) is 0 Å². The molecule has 0 unspecified atom stereocenters. The molecule has 1 aromatic heterocycles. The van der Waals surface area contributed by atoms with Gasteiger partial charge >= 0.3 is 0 Å². The second-order valence-electron chi connectivity index (χ2n) is 7.86. The molecule has 0 saturated carbocycles. The first-order valence-corrected chi connectivity index (χ1v) is 10.8. The summed E-state index contributed by atoms with van der Waals surface area (Å²) in [7, 11) is 0. The number of ether oxygens (including phenoxy) is 2. The van der Waals surface area contributed by atoms with Crippen molar-refractivity contribution in [1.29, 1.82) is 0 Å². The van der Waals surface area contributed by atoms with Crippen LogP contribution >= 0.6 is 0 Å². The van der Waals surface area contributed by atoms with Crippen LogP contribution in [-0.4, -0.2) is 29.7 Å². The highest BCUT2D eigenvalue weighted by Gasteiger charge is 2.14. The maximum absolute atomic E-state index is 5.95. The summed E-state index contributed by atoms with van der Waals surface area (Å²) in [4.78, 5) is 9.21. The third-order valence-electron chi connectivity index (χ3n) is 5.61. The van der Waals surface area contributed by atoms with E-state index in [-0.39, 0.29) is 0 Å². The monoisotopic (exact) mass is 411 g/mol. The summed E-state index contributed by atoms with van der Waals surface area (Å²) < 4.78 is 11.8. The van der Waals surface area contributed by atoms with Crippen molar-refractivity contribution in [1.82, 2.24) is 15.3 Å². The van der Waals surface area contributed by atoms with Gasteiger partial charge in [0.1, 0.15) is 11.5 Å². The van der Waals surface area contributed by atoms with Crippen LogP contribution in [0.15, 0.2) is 79.0 Å². The van der Waals surface area contributed by atoms with Gasteiger partial charge in [0.15, 0.2) is 0 Å². The van der Waals surface area contributed by atoms with Crippen LogP contribution in [0, 0.1) is 5.92 Å². The van der Waals surface area contributed by atoms with Gasteiger partial charge in [-0.3, -0.25) is 0 Å². The van der Waals surface area contributed by atoms with Crippen molar-refractivity contribution in [2.45, 2.75) is 12.8 Å². The van der Waals surface area contributed by atoms with Gasteiger partial charge in [0.05, 0.1) is 23.8 Å². The lowest BCUT2D eigenvalue weighted by atomic mass is 9.99. The van der Waals surface area contributed by atoms with Gasteiger partial charge in [-0.1, -0.05) is 36.4 Å². The predicted octanol–water partition coefficient (Wildman–Crippen LogP) is 5.47. The van der Waals surface area contributed by atoms with Gasteiger partial charge in [0.25, 0.3) is 0 Å². The van der Waals surface area contributed by atoms with E-state index in [0.717, 1.165) is 59.6 Å². The standard InChI is InChI=1S/C26H25N3O2/c1-2-4-22(5-3-1)31-23-9-6-20(7-10-23)21-8-11-24-25(16-21)29-26(17-28-24)30-18-19-12-14-27-15-13-19/h1-11,16-17,19,27H,12-15,18H2. The molecule has 5 heteroatoms. The Balaban J connectivity index is 1.31. The summed E-state index contributed by atoms with van der Waals surface area (Å²) in [6.07, 6.45) is 4.02. The first kappa shape index (κ1) is 19.5. The molecule has 1 fully saturated rings. The summed E-state index contributed by atoms with van der Waals surface area (Å²) in [5, 5.41) is 3.38. The van der Waals surface area contributed by atoms with E-state index in [2.05, 4.69) is 34.6 Å². The number of benzene rings is 3. The van der Waals surface area contributed by atoms with Crippen molar-refractivity contribution < 1.29 is 9.47 Å². The van der Waals surface area contributed by atoms with Gasteiger partial charge < -0.3 is 14.8 Å². The number of fused-ring (bicyclic) bond motifs is 1. The highest BCUT2D eigenvalue weighted by molar-refractivity contribution is 5.81. The molecule has 0 spiro atoms. The molecule has 1 aliphatic rings. The van der Waals surface area contributed by atoms with Crippen LogP contribution in [0.25, 0.3) is 22.2 Å². The molecule has 5 rings (SSSR count). The lowest BCUT2D eigenvalue weighted by molar-refractivity contribution is 0.209. The smallest absolute Gasteiger partial charge is 0.232 e. The Morgan fingerprint density at radius 2 is 1.55 bits per heavy atom. The Morgan fingerprint density at radius 1 is 0.806 bits per heavy atom. The number of para-hydroxylation sites is 1. The molecule has 0 amide bonds. The Labute approximate surface area is 182 Å². The molecule has 31 heavy (non-hydrogen) atoms. The number of aromatic nitrogens is 2. The lowest BCUT2D eigenvalue weighted by Gasteiger charge is -2.22. The zero-order valence-electron chi connectivity index (χ0n) is 17.3. The van der Waals surface area contributed by atoms with Gasteiger partial charge in [0.2, 0.25) is 5.88 Å². The van der Waals surface area contributed by atoms with Crippen molar-refractivity contribution in [3.8, 4) is 28.5 Å². The molecular weight excluding hydrogens is 386 g/mol. The number of hydrogen-bond acceptors (Lipinski definition) is 5. The molecule has 0 atom stereocenters. The average Bonchev–Trinajstić information content (AvgIpc) is 2.84. The summed E-state index contributed by atoms with van der Waals surface area (Å²) in [6, 6.07) is 24.0. The number of nitrogens with zero attached hydrogens (tertiary/aromatic N) is 2. The highest BCUT2D eigenvalue weighted by atomic mass is 16.5. The Hall–Kier alpha value is -3.44. The van der Waals surface area contributed by atoms with Crippen molar-refractivity contribution in [3.63, 3.8) is 0 Å². The molecule has 1 aliphatic heterocycles. The number of nitrogens with one attached hydrogen (secondary N) is 1. The van der Waals surface area contributed by atoms with Crippen LogP contribution in [0.5, 0.6) is 17.4 Å². The third-order valence-corrected chi connectivity index (χ3v) is 5.61. The SMILES string of the molecule is c1ccc(Oc2ccc(-c3ccc4ncc(OCC5CCNCC5)nc4c3)cc2)cc1. The van der Waals surface area contributed by atoms with E-state index in [1.807, 2.05) is 48.5 Å². The zero-order chi connectivity index (χ0) is 20.9. The van der Waals surface area contributed by atoms with Gasteiger partial charge in [-0.15, -0.1) is 0 Å². The normalized spacial score (nSPS) is 14.5. The molecule has 0 radical (unpaired) electrons. The summed E-state index contributed by atoms with van der Waals surface area (Å²) in [5.41, 5.74) is 3.89. The van der Waals surface area contributed by atoms with Crippen LogP contribution in [0.2, 0.25) is 0 Å². The fraction of sp³-hybridized carbons (Fsp3) is 0.231. The quantitative estimate of drug-likeness (QED) is 0.456. The number of rotatable bonds is 6.